The summed E-state index contributed by atoms with van der Waals surface area (Å²) in [6.07, 6.45) is 0. The number of nitrogens with one attached hydrogen (secondary N) is 1. The van der Waals surface area contributed by atoms with Gasteiger partial charge in [-0.3, -0.25) is 4.79 Å². The van der Waals surface area contributed by atoms with Crippen molar-refractivity contribution in [2.24, 2.45) is 5.92 Å². The fraction of sp³-hybridized carbons (Fsp3) is 0.462. The van der Waals surface area contributed by atoms with Gasteiger partial charge in [0.1, 0.15) is 5.75 Å². The SMILES string of the molecule is COC(=O)C(C)C(C)Nc1ccc(OC)cc1. The van der Waals surface area contributed by atoms with E-state index < -0.39 is 0 Å². The van der Waals surface area contributed by atoms with Crippen LogP contribution in [-0.2, 0) is 9.53 Å². The van der Waals surface area contributed by atoms with Gasteiger partial charge in [0.25, 0.3) is 0 Å². The second-order valence-electron chi connectivity index (χ2n) is 3.97. The molecule has 0 spiro atoms. The van der Waals surface area contributed by atoms with Gasteiger partial charge in [-0.15, -0.1) is 0 Å². The highest BCUT2D eigenvalue weighted by Gasteiger charge is 2.20. The lowest BCUT2D eigenvalue weighted by Crippen LogP contribution is -2.30. The molecule has 0 aliphatic carbocycles. The van der Waals surface area contributed by atoms with E-state index in [0.717, 1.165) is 11.4 Å². The number of ether oxygens (including phenoxy) is 2. The van der Waals surface area contributed by atoms with Gasteiger partial charge < -0.3 is 14.8 Å². The van der Waals surface area contributed by atoms with Crippen LogP contribution in [-0.4, -0.2) is 26.2 Å². The minimum atomic E-state index is -0.210. The summed E-state index contributed by atoms with van der Waals surface area (Å²) in [4.78, 5) is 11.4. The lowest BCUT2D eigenvalue weighted by Gasteiger charge is -2.20. The maximum atomic E-state index is 11.4. The van der Waals surface area contributed by atoms with Crippen LogP contribution in [0.25, 0.3) is 0 Å². The zero-order chi connectivity index (χ0) is 12.8. The van der Waals surface area contributed by atoms with Crippen molar-refractivity contribution in [1.82, 2.24) is 0 Å². The number of hydrogen-bond donors (Lipinski definition) is 1. The summed E-state index contributed by atoms with van der Waals surface area (Å²) in [7, 11) is 3.03. The van der Waals surface area contributed by atoms with Gasteiger partial charge in [-0.05, 0) is 38.1 Å². The number of benzene rings is 1. The molecule has 0 aliphatic heterocycles. The minimum absolute atomic E-state index is 0.0100. The second-order valence-corrected chi connectivity index (χ2v) is 3.97. The summed E-state index contributed by atoms with van der Waals surface area (Å²) in [5, 5.41) is 3.25. The lowest BCUT2D eigenvalue weighted by molar-refractivity contribution is -0.145. The van der Waals surface area contributed by atoms with Crippen LogP contribution >= 0.6 is 0 Å². The Balaban J connectivity index is 2.60. The van der Waals surface area contributed by atoms with Crippen LogP contribution in [0.2, 0.25) is 0 Å². The molecule has 2 unspecified atom stereocenters. The molecule has 0 aromatic heterocycles. The van der Waals surface area contributed by atoms with Gasteiger partial charge in [0.2, 0.25) is 0 Å². The maximum Gasteiger partial charge on any atom is 0.310 e. The van der Waals surface area contributed by atoms with Crippen LogP contribution in [0.5, 0.6) is 5.75 Å². The number of carbonyl (C=O) groups excluding carboxylic acids is 1. The van der Waals surface area contributed by atoms with Crippen molar-refractivity contribution in [1.29, 1.82) is 0 Å². The predicted octanol–water partition coefficient (Wildman–Crippen LogP) is 2.30. The highest BCUT2D eigenvalue weighted by atomic mass is 16.5. The van der Waals surface area contributed by atoms with Gasteiger partial charge in [-0.25, -0.2) is 0 Å². The average Bonchev–Trinajstić information content (AvgIpc) is 2.37. The molecule has 4 heteroatoms. The van der Waals surface area contributed by atoms with Gasteiger partial charge in [0.05, 0.1) is 20.1 Å². The third-order valence-corrected chi connectivity index (χ3v) is 2.81. The topological polar surface area (TPSA) is 47.6 Å². The highest BCUT2D eigenvalue weighted by molar-refractivity contribution is 5.73. The van der Waals surface area contributed by atoms with Gasteiger partial charge in [0.15, 0.2) is 0 Å². The average molecular weight is 237 g/mol. The molecule has 0 radical (unpaired) electrons. The first-order valence-corrected chi connectivity index (χ1v) is 5.57. The van der Waals surface area contributed by atoms with E-state index in [4.69, 9.17) is 9.47 Å². The molecule has 1 aromatic carbocycles. The second kappa shape index (κ2) is 6.13. The van der Waals surface area contributed by atoms with Crippen molar-refractivity contribution < 1.29 is 14.3 Å². The number of esters is 1. The van der Waals surface area contributed by atoms with Crippen LogP contribution < -0.4 is 10.1 Å². The Morgan fingerprint density at radius 3 is 2.24 bits per heavy atom. The Labute approximate surface area is 102 Å². The van der Waals surface area contributed by atoms with E-state index >= 15 is 0 Å². The van der Waals surface area contributed by atoms with Crippen LogP contribution in [0.4, 0.5) is 5.69 Å². The molecule has 0 bridgehead atoms. The first kappa shape index (κ1) is 13.4. The Bertz CT molecular complexity index is 361. The van der Waals surface area contributed by atoms with Gasteiger partial charge in [-0.2, -0.15) is 0 Å². The molecule has 0 saturated heterocycles. The number of anilines is 1. The number of methoxy groups -OCH3 is 2. The van der Waals surface area contributed by atoms with Crippen molar-refractivity contribution in [3.05, 3.63) is 24.3 Å². The summed E-state index contributed by atoms with van der Waals surface area (Å²) >= 11 is 0. The smallest absolute Gasteiger partial charge is 0.310 e. The van der Waals surface area contributed by atoms with E-state index in [0.29, 0.717) is 0 Å². The summed E-state index contributed by atoms with van der Waals surface area (Å²) < 4.78 is 9.78. The monoisotopic (exact) mass is 237 g/mol. The zero-order valence-corrected chi connectivity index (χ0v) is 10.7. The molecule has 0 saturated carbocycles. The molecule has 0 amide bonds. The predicted molar refractivity (Wildman–Crippen MR) is 67.3 cm³/mol. The van der Waals surface area contributed by atoms with Crippen molar-refractivity contribution in [3.63, 3.8) is 0 Å². The van der Waals surface area contributed by atoms with Crippen molar-refractivity contribution in [2.75, 3.05) is 19.5 Å². The molecular weight excluding hydrogens is 218 g/mol. The molecule has 1 rings (SSSR count). The van der Waals surface area contributed by atoms with Crippen LogP contribution in [0, 0.1) is 5.92 Å². The fourth-order valence-electron chi connectivity index (χ4n) is 1.47. The quantitative estimate of drug-likeness (QED) is 0.798. The summed E-state index contributed by atoms with van der Waals surface area (Å²) in [5.74, 6) is 0.407. The lowest BCUT2D eigenvalue weighted by atomic mass is 10.0. The Morgan fingerprint density at radius 2 is 1.76 bits per heavy atom. The summed E-state index contributed by atoms with van der Waals surface area (Å²) in [6, 6.07) is 7.59. The van der Waals surface area contributed by atoms with Gasteiger partial charge >= 0.3 is 5.97 Å². The molecule has 0 heterocycles. The molecule has 0 aliphatic rings. The molecule has 1 aromatic rings. The number of hydrogen-bond acceptors (Lipinski definition) is 4. The van der Waals surface area contributed by atoms with E-state index in [1.165, 1.54) is 7.11 Å². The van der Waals surface area contributed by atoms with E-state index in [-0.39, 0.29) is 17.9 Å². The van der Waals surface area contributed by atoms with Gasteiger partial charge in [0, 0.05) is 11.7 Å². The number of rotatable bonds is 5. The first-order valence-electron chi connectivity index (χ1n) is 5.57. The number of carbonyl (C=O) groups is 1. The Kier molecular flexibility index (Phi) is 4.82. The van der Waals surface area contributed by atoms with Gasteiger partial charge in [-0.1, -0.05) is 0 Å². The van der Waals surface area contributed by atoms with Crippen LogP contribution in [0.15, 0.2) is 24.3 Å². The van der Waals surface area contributed by atoms with E-state index in [1.807, 2.05) is 38.1 Å². The van der Waals surface area contributed by atoms with Crippen molar-refractivity contribution in [3.8, 4) is 5.75 Å². The largest absolute Gasteiger partial charge is 0.497 e. The summed E-state index contributed by atoms with van der Waals surface area (Å²) in [5.41, 5.74) is 0.953. The Hall–Kier alpha value is -1.71. The summed E-state index contributed by atoms with van der Waals surface area (Å²) in [6.45, 7) is 3.79. The molecule has 17 heavy (non-hydrogen) atoms. The Morgan fingerprint density at radius 1 is 1.18 bits per heavy atom. The molecule has 1 N–H and O–H groups in total. The van der Waals surface area contributed by atoms with Crippen molar-refractivity contribution in [2.45, 2.75) is 19.9 Å². The first-order chi connectivity index (χ1) is 8.08. The molecule has 2 atom stereocenters. The zero-order valence-electron chi connectivity index (χ0n) is 10.7. The van der Waals surface area contributed by atoms with Crippen LogP contribution in [0.3, 0.4) is 0 Å². The molecule has 4 nitrogen and oxygen atoms in total. The maximum absolute atomic E-state index is 11.4. The third-order valence-electron chi connectivity index (χ3n) is 2.81. The van der Waals surface area contributed by atoms with Crippen molar-refractivity contribution >= 4 is 11.7 Å². The molecule has 0 fully saturated rings. The molecule has 94 valence electrons. The highest BCUT2D eigenvalue weighted by Crippen LogP contribution is 2.17. The standard InChI is InChI=1S/C13H19NO3/c1-9(13(15)17-4)10(2)14-11-5-7-12(16-3)8-6-11/h5-10,14H,1-4H3. The normalized spacial score (nSPS) is 13.6. The fourth-order valence-corrected chi connectivity index (χ4v) is 1.47. The molecular formula is C13H19NO3. The minimum Gasteiger partial charge on any atom is -0.497 e. The van der Waals surface area contributed by atoms with Crippen LogP contribution in [0.1, 0.15) is 13.8 Å². The van der Waals surface area contributed by atoms with E-state index in [2.05, 4.69) is 5.32 Å². The van der Waals surface area contributed by atoms with E-state index in [1.54, 1.807) is 7.11 Å². The third kappa shape index (κ3) is 3.66. The van der Waals surface area contributed by atoms with E-state index in [9.17, 15) is 4.79 Å².